The van der Waals surface area contributed by atoms with Gasteiger partial charge in [-0.2, -0.15) is 21.6 Å². The molecule has 1 rings (SSSR count). The summed E-state index contributed by atoms with van der Waals surface area (Å²) in [7, 11) is -5.57. The van der Waals surface area contributed by atoms with E-state index in [0.717, 1.165) is 6.07 Å². The normalized spacial score (nSPS) is 12.3. The second-order valence-electron chi connectivity index (χ2n) is 4.61. The smallest absolute Gasteiger partial charge is 0.382 e. The Balaban J connectivity index is 3.20. The lowest BCUT2D eigenvalue weighted by Gasteiger charge is -2.15. The molecule has 0 heterocycles. The van der Waals surface area contributed by atoms with Gasteiger partial charge in [-0.15, -0.1) is 0 Å². The van der Waals surface area contributed by atoms with Crippen molar-refractivity contribution in [3.63, 3.8) is 0 Å². The van der Waals surface area contributed by atoms with Crippen LogP contribution in [0, 0.1) is 11.8 Å². The van der Waals surface area contributed by atoms with E-state index in [-0.39, 0.29) is 35.0 Å². The summed E-state index contributed by atoms with van der Waals surface area (Å²) in [6.07, 6.45) is 0.910. The Morgan fingerprint density at radius 2 is 2.00 bits per heavy atom. The number of hydrogen-bond donors (Lipinski definition) is 1. The molecule has 0 aliphatic carbocycles. The highest BCUT2D eigenvalue weighted by Gasteiger charge is 2.46. The van der Waals surface area contributed by atoms with E-state index in [9.17, 15) is 21.6 Å². The van der Waals surface area contributed by atoms with Crippen LogP contribution in [0.15, 0.2) is 23.4 Å². The van der Waals surface area contributed by atoms with Crippen LogP contribution in [0.4, 0.5) is 18.9 Å². The van der Waals surface area contributed by atoms with Crippen LogP contribution in [0.3, 0.4) is 0 Å². The number of hydrogen-bond acceptors (Lipinski definition) is 4. The molecular weight excluding hydrogens is 381 g/mol. The molecule has 0 spiro atoms. The minimum atomic E-state index is -5.57. The number of alkyl halides is 3. The maximum atomic E-state index is 12.6. The molecule has 0 fully saturated rings. The molecule has 0 amide bonds. The maximum absolute atomic E-state index is 12.6. The van der Waals surface area contributed by atoms with Crippen molar-refractivity contribution < 1.29 is 26.4 Å². The first-order valence-electron chi connectivity index (χ1n) is 7.16. The zero-order valence-corrected chi connectivity index (χ0v) is 15.0. The zero-order chi connectivity index (χ0) is 19.1. The quantitative estimate of drug-likeness (QED) is 0.340. The fraction of sp³-hybridized carbons (Fsp3) is 0.400. The molecule has 0 atom stereocenters. The van der Waals surface area contributed by atoms with Crippen LogP contribution in [-0.4, -0.2) is 26.2 Å². The first kappa shape index (κ1) is 21.1. The Bertz CT molecular complexity index is 796. The Hall–Kier alpha value is -1.92. The van der Waals surface area contributed by atoms with Gasteiger partial charge in [0.25, 0.3) is 0 Å². The number of oxime groups is 1. The zero-order valence-electron chi connectivity index (χ0n) is 13.4. The summed E-state index contributed by atoms with van der Waals surface area (Å²) < 4.78 is 62.0. The van der Waals surface area contributed by atoms with Gasteiger partial charge in [0.2, 0.25) is 0 Å². The third-order valence-electron chi connectivity index (χ3n) is 2.79. The van der Waals surface area contributed by atoms with E-state index in [0.29, 0.717) is 6.42 Å². The van der Waals surface area contributed by atoms with Gasteiger partial charge in [0.05, 0.1) is 11.4 Å². The van der Waals surface area contributed by atoms with E-state index >= 15 is 0 Å². The summed E-state index contributed by atoms with van der Waals surface area (Å²) in [5.41, 5.74) is -5.43. The number of nitrogens with one attached hydrogen (secondary N) is 1. The van der Waals surface area contributed by atoms with Crippen LogP contribution in [0.25, 0.3) is 0 Å². The Morgan fingerprint density at radius 1 is 1.32 bits per heavy atom. The van der Waals surface area contributed by atoms with Gasteiger partial charge in [0.15, 0.2) is 6.61 Å². The molecule has 1 N–H and O–H groups in total. The molecule has 0 bridgehead atoms. The van der Waals surface area contributed by atoms with Crippen molar-refractivity contribution in [3.05, 3.63) is 28.8 Å². The first-order valence-corrected chi connectivity index (χ1v) is 9.02. The molecule has 0 aliphatic rings. The Labute approximate surface area is 149 Å². The van der Waals surface area contributed by atoms with Gasteiger partial charge < -0.3 is 4.84 Å². The van der Waals surface area contributed by atoms with Crippen molar-refractivity contribution in [2.75, 3.05) is 11.3 Å². The fourth-order valence-corrected chi connectivity index (χ4v) is 2.42. The molecule has 0 saturated heterocycles. The van der Waals surface area contributed by atoms with E-state index in [2.05, 4.69) is 17.0 Å². The van der Waals surface area contributed by atoms with Crippen LogP contribution in [0.1, 0.15) is 32.3 Å². The van der Waals surface area contributed by atoms with Gasteiger partial charge in [-0.25, -0.2) is 0 Å². The predicted molar refractivity (Wildman–Crippen MR) is 90.9 cm³/mol. The molecule has 0 saturated carbocycles. The third-order valence-corrected chi connectivity index (χ3v) is 4.12. The van der Waals surface area contributed by atoms with E-state index in [4.69, 9.17) is 16.4 Å². The number of rotatable bonds is 6. The van der Waals surface area contributed by atoms with Gasteiger partial charge in [-0.05, 0) is 24.6 Å². The average Bonchev–Trinajstić information content (AvgIpc) is 2.51. The van der Waals surface area contributed by atoms with Crippen LogP contribution in [-0.2, 0) is 14.9 Å². The standard InChI is InChI=1S/C15H16ClF3N2O3S/c1-3-5-6-9-24-20-13(4-2)12-10-11(16)7-8-14(12)21-25(22,23)15(17,18)19/h7-8,10,21H,3-4,9H2,1-2H3/b20-13+. The SMILES string of the molecule is CCC#CCO/N=C(\CC)c1cc(Cl)ccc1NS(=O)(=O)C(F)(F)F. The molecular formula is C15H16ClF3N2O3S. The van der Waals surface area contributed by atoms with Crippen molar-refractivity contribution in [2.45, 2.75) is 32.2 Å². The molecule has 1 aromatic carbocycles. The summed E-state index contributed by atoms with van der Waals surface area (Å²) in [6.45, 7) is 3.54. The van der Waals surface area contributed by atoms with Crippen LogP contribution >= 0.6 is 11.6 Å². The second-order valence-corrected chi connectivity index (χ2v) is 6.72. The summed E-state index contributed by atoms with van der Waals surface area (Å²) in [5, 5.41) is 4.02. The molecule has 0 radical (unpaired) electrons. The van der Waals surface area contributed by atoms with Crippen molar-refractivity contribution in [1.82, 2.24) is 0 Å². The lowest BCUT2D eigenvalue weighted by Crippen LogP contribution is -2.30. The molecule has 25 heavy (non-hydrogen) atoms. The van der Waals surface area contributed by atoms with Crippen molar-refractivity contribution >= 4 is 33.0 Å². The number of sulfonamides is 1. The van der Waals surface area contributed by atoms with Crippen molar-refractivity contribution in [1.29, 1.82) is 0 Å². The fourth-order valence-electron chi connectivity index (χ4n) is 1.67. The summed E-state index contributed by atoms with van der Waals surface area (Å²) in [4.78, 5) is 5.01. The summed E-state index contributed by atoms with van der Waals surface area (Å²) >= 11 is 5.86. The highest BCUT2D eigenvalue weighted by molar-refractivity contribution is 7.93. The Morgan fingerprint density at radius 3 is 2.56 bits per heavy atom. The lowest BCUT2D eigenvalue weighted by atomic mass is 10.1. The van der Waals surface area contributed by atoms with Gasteiger partial charge in [0.1, 0.15) is 0 Å². The molecule has 0 aliphatic heterocycles. The van der Waals surface area contributed by atoms with Crippen LogP contribution < -0.4 is 4.72 Å². The van der Waals surface area contributed by atoms with Gasteiger partial charge in [-0.3, -0.25) is 4.72 Å². The summed E-state index contributed by atoms with van der Waals surface area (Å²) in [5.74, 6) is 5.45. The summed E-state index contributed by atoms with van der Waals surface area (Å²) in [6, 6.07) is 3.70. The third kappa shape index (κ3) is 6.14. The van der Waals surface area contributed by atoms with E-state index < -0.39 is 15.5 Å². The van der Waals surface area contributed by atoms with E-state index in [1.165, 1.54) is 16.9 Å². The van der Waals surface area contributed by atoms with Crippen molar-refractivity contribution in [2.24, 2.45) is 5.16 Å². The van der Waals surface area contributed by atoms with Gasteiger partial charge in [-0.1, -0.05) is 42.4 Å². The molecule has 0 aromatic heterocycles. The minimum Gasteiger partial charge on any atom is -0.382 e. The van der Waals surface area contributed by atoms with Gasteiger partial charge >= 0.3 is 15.5 Å². The molecule has 1 aromatic rings. The number of halogens is 4. The topological polar surface area (TPSA) is 67.8 Å². The van der Waals surface area contributed by atoms with E-state index in [1.54, 1.807) is 6.92 Å². The highest BCUT2D eigenvalue weighted by atomic mass is 35.5. The van der Waals surface area contributed by atoms with Gasteiger partial charge in [0, 0.05) is 17.0 Å². The molecule has 5 nitrogen and oxygen atoms in total. The predicted octanol–water partition coefficient (Wildman–Crippen LogP) is 4.15. The molecule has 0 unspecified atom stereocenters. The Kier molecular flexibility index (Phi) is 7.58. The highest BCUT2D eigenvalue weighted by Crippen LogP contribution is 2.29. The lowest BCUT2D eigenvalue weighted by molar-refractivity contribution is -0.0429. The largest absolute Gasteiger partial charge is 0.516 e. The average molecular weight is 397 g/mol. The molecule has 138 valence electrons. The number of anilines is 1. The van der Waals surface area contributed by atoms with E-state index in [1.807, 2.05) is 6.92 Å². The minimum absolute atomic E-state index is 0.00151. The first-order chi connectivity index (χ1) is 11.6. The second kappa shape index (κ2) is 8.97. The number of nitrogens with zero attached hydrogens (tertiary/aromatic N) is 1. The monoisotopic (exact) mass is 396 g/mol. The maximum Gasteiger partial charge on any atom is 0.516 e. The molecule has 10 heteroatoms. The van der Waals surface area contributed by atoms with Crippen molar-refractivity contribution in [3.8, 4) is 11.8 Å². The van der Waals surface area contributed by atoms with Crippen LogP contribution in [0.2, 0.25) is 5.02 Å². The van der Waals surface area contributed by atoms with Crippen LogP contribution in [0.5, 0.6) is 0 Å². The number of benzene rings is 1.